The monoisotopic (exact) mass is 297 g/mol. The number of imidazole rings is 1. The number of hydrogen-bond donors (Lipinski definition) is 0. The van der Waals surface area contributed by atoms with Crippen LogP contribution in [-0.4, -0.2) is 27.2 Å². The zero-order valence-corrected chi connectivity index (χ0v) is 12.1. The molecular formula is C17H16FN3O. The molecule has 0 saturated carbocycles. The Kier molecular flexibility index (Phi) is 3.35. The zero-order valence-electron chi connectivity index (χ0n) is 12.1. The van der Waals surface area contributed by atoms with Crippen molar-refractivity contribution in [1.82, 2.24) is 14.5 Å². The molecule has 1 unspecified atom stereocenters. The van der Waals surface area contributed by atoms with E-state index in [2.05, 4.69) is 4.98 Å². The van der Waals surface area contributed by atoms with Gasteiger partial charge in [0, 0.05) is 24.9 Å². The topological polar surface area (TPSA) is 39.9 Å². The van der Waals surface area contributed by atoms with Gasteiger partial charge in [-0.05, 0) is 49.2 Å². The highest BCUT2D eigenvalue weighted by atomic mass is 19.1. The summed E-state index contributed by atoms with van der Waals surface area (Å²) in [5.74, 6) is 0.661. The second-order valence-electron chi connectivity index (χ2n) is 5.53. The van der Waals surface area contributed by atoms with Crippen LogP contribution in [0.5, 0.6) is 0 Å². The number of hydrogen-bond acceptors (Lipinski definition) is 3. The molecule has 1 atom stereocenters. The van der Waals surface area contributed by atoms with Crippen LogP contribution in [0.4, 0.5) is 4.39 Å². The van der Waals surface area contributed by atoms with Gasteiger partial charge in [-0.3, -0.25) is 4.57 Å². The van der Waals surface area contributed by atoms with Crippen molar-refractivity contribution in [2.24, 2.45) is 0 Å². The molecule has 1 saturated heterocycles. The number of rotatable bonds is 3. The van der Waals surface area contributed by atoms with Gasteiger partial charge >= 0.3 is 0 Å². The number of pyridine rings is 1. The van der Waals surface area contributed by atoms with Crippen molar-refractivity contribution in [2.45, 2.75) is 25.4 Å². The van der Waals surface area contributed by atoms with Crippen LogP contribution in [0.3, 0.4) is 0 Å². The van der Waals surface area contributed by atoms with Gasteiger partial charge in [-0.2, -0.15) is 0 Å². The molecular weight excluding hydrogens is 281 g/mol. The Morgan fingerprint density at radius 3 is 2.86 bits per heavy atom. The first-order valence-electron chi connectivity index (χ1n) is 7.51. The zero-order chi connectivity index (χ0) is 14.9. The summed E-state index contributed by atoms with van der Waals surface area (Å²) in [6.45, 7) is 0.819. The fourth-order valence-electron chi connectivity index (χ4n) is 2.97. The third-order valence-corrected chi connectivity index (χ3v) is 4.00. The molecule has 0 N–H and O–H groups in total. The maximum absolute atomic E-state index is 13.2. The van der Waals surface area contributed by atoms with Gasteiger partial charge in [-0.15, -0.1) is 0 Å². The van der Waals surface area contributed by atoms with Crippen LogP contribution in [0, 0.1) is 5.82 Å². The van der Waals surface area contributed by atoms with E-state index in [0.29, 0.717) is 0 Å². The highest BCUT2D eigenvalue weighted by molar-refractivity contribution is 5.73. The Hall–Kier alpha value is -2.27. The quantitative estimate of drug-likeness (QED) is 0.745. The highest BCUT2D eigenvalue weighted by Gasteiger charge is 2.21. The predicted octanol–water partition coefficient (Wildman–Crippen LogP) is 3.28. The van der Waals surface area contributed by atoms with Crippen molar-refractivity contribution in [2.75, 3.05) is 6.61 Å². The summed E-state index contributed by atoms with van der Waals surface area (Å²) in [5, 5.41) is 0. The fraction of sp³-hybridized carbons (Fsp3) is 0.294. The van der Waals surface area contributed by atoms with Gasteiger partial charge in [0.05, 0.1) is 6.10 Å². The molecule has 0 bridgehead atoms. The minimum absolute atomic E-state index is 0.205. The van der Waals surface area contributed by atoms with Gasteiger partial charge < -0.3 is 4.74 Å². The SMILES string of the molecule is Fc1ccc(-n2c(CC3CCCO3)nc3cccnc32)cc1. The van der Waals surface area contributed by atoms with Crippen molar-refractivity contribution in [3.63, 3.8) is 0 Å². The van der Waals surface area contributed by atoms with E-state index in [1.165, 1.54) is 12.1 Å². The molecule has 5 heteroatoms. The smallest absolute Gasteiger partial charge is 0.164 e. The van der Waals surface area contributed by atoms with Crippen LogP contribution < -0.4 is 0 Å². The van der Waals surface area contributed by atoms with Gasteiger partial charge in [0.25, 0.3) is 0 Å². The lowest BCUT2D eigenvalue weighted by Gasteiger charge is -2.12. The van der Waals surface area contributed by atoms with Gasteiger partial charge in [0.15, 0.2) is 5.65 Å². The molecule has 4 nitrogen and oxygen atoms in total. The second kappa shape index (κ2) is 5.50. The minimum atomic E-state index is -0.248. The van der Waals surface area contributed by atoms with Crippen molar-refractivity contribution in [1.29, 1.82) is 0 Å². The number of fused-ring (bicyclic) bond motifs is 1. The van der Waals surface area contributed by atoms with E-state index in [-0.39, 0.29) is 11.9 Å². The molecule has 4 rings (SSSR count). The van der Waals surface area contributed by atoms with E-state index >= 15 is 0 Å². The number of halogens is 1. The second-order valence-corrected chi connectivity index (χ2v) is 5.53. The molecule has 3 aromatic rings. The Labute approximate surface area is 127 Å². The maximum atomic E-state index is 13.2. The number of nitrogens with zero attached hydrogens (tertiary/aromatic N) is 3. The Bertz CT molecular complexity index is 791. The molecule has 1 aliphatic rings. The van der Waals surface area contributed by atoms with Crippen molar-refractivity contribution < 1.29 is 9.13 Å². The maximum Gasteiger partial charge on any atom is 0.164 e. The van der Waals surface area contributed by atoms with E-state index in [1.54, 1.807) is 18.3 Å². The lowest BCUT2D eigenvalue weighted by molar-refractivity contribution is 0.109. The van der Waals surface area contributed by atoms with Crippen molar-refractivity contribution in [3.8, 4) is 5.69 Å². The molecule has 1 aromatic carbocycles. The van der Waals surface area contributed by atoms with Gasteiger partial charge in [-0.25, -0.2) is 14.4 Å². The molecule has 3 heterocycles. The van der Waals surface area contributed by atoms with Crippen LogP contribution in [-0.2, 0) is 11.2 Å². The third-order valence-electron chi connectivity index (χ3n) is 4.00. The average molecular weight is 297 g/mol. The molecule has 1 aliphatic heterocycles. The summed E-state index contributed by atoms with van der Waals surface area (Å²) in [6.07, 6.45) is 4.85. The van der Waals surface area contributed by atoms with Crippen molar-refractivity contribution in [3.05, 3.63) is 54.2 Å². The van der Waals surface area contributed by atoms with Crippen molar-refractivity contribution >= 4 is 11.2 Å². The molecule has 0 radical (unpaired) electrons. The average Bonchev–Trinajstić information content (AvgIpc) is 3.16. The third kappa shape index (κ3) is 2.37. The van der Waals surface area contributed by atoms with E-state index in [1.807, 2.05) is 16.7 Å². The highest BCUT2D eigenvalue weighted by Crippen LogP contribution is 2.24. The van der Waals surface area contributed by atoms with E-state index < -0.39 is 0 Å². The van der Waals surface area contributed by atoms with Crippen LogP contribution in [0.25, 0.3) is 16.9 Å². The van der Waals surface area contributed by atoms with E-state index in [9.17, 15) is 4.39 Å². The molecule has 2 aromatic heterocycles. The number of aromatic nitrogens is 3. The van der Waals surface area contributed by atoms with Gasteiger partial charge in [0.1, 0.15) is 17.2 Å². The normalized spacial score (nSPS) is 18.1. The van der Waals surface area contributed by atoms with Crippen LogP contribution in [0.1, 0.15) is 18.7 Å². The Balaban J connectivity index is 1.83. The summed E-state index contributed by atoms with van der Waals surface area (Å²) in [6, 6.07) is 10.2. The minimum Gasteiger partial charge on any atom is -0.378 e. The molecule has 0 aliphatic carbocycles. The predicted molar refractivity (Wildman–Crippen MR) is 81.5 cm³/mol. The summed E-state index contributed by atoms with van der Waals surface area (Å²) < 4.78 is 20.9. The summed E-state index contributed by atoms with van der Waals surface area (Å²) in [5.41, 5.74) is 2.51. The number of benzene rings is 1. The Morgan fingerprint density at radius 2 is 2.09 bits per heavy atom. The van der Waals surface area contributed by atoms with Crippen LogP contribution in [0.2, 0.25) is 0 Å². The molecule has 0 spiro atoms. The summed E-state index contributed by atoms with van der Waals surface area (Å²) >= 11 is 0. The van der Waals surface area contributed by atoms with Gasteiger partial charge in [-0.1, -0.05) is 0 Å². The molecule has 1 fully saturated rings. The first-order valence-corrected chi connectivity index (χ1v) is 7.51. The molecule has 0 amide bonds. The van der Waals surface area contributed by atoms with Crippen LogP contribution in [0.15, 0.2) is 42.6 Å². The summed E-state index contributed by atoms with van der Waals surface area (Å²) in [7, 11) is 0. The first-order chi connectivity index (χ1) is 10.8. The number of ether oxygens (including phenoxy) is 1. The summed E-state index contributed by atoms with van der Waals surface area (Å²) in [4.78, 5) is 9.14. The molecule has 112 valence electrons. The van der Waals surface area contributed by atoms with Gasteiger partial charge in [0.2, 0.25) is 0 Å². The van der Waals surface area contributed by atoms with Crippen LogP contribution >= 0.6 is 0 Å². The lowest BCUT2D eigenvalue weighted by Crippen LogP contribution is -2.13. The first kappa shape index (κ1) is 13.4. The molecule has 22 heavy (non-hydrogen) atoms. The fourth-order valence-corrected chi connectivity index (χ4v) is 2.97. The van der Waals surface area contributed by atoms with E-state index in [4.69, 9.17) is 9.72 Å². The standard InChI is InChI=1S/C17H16FN3O/c18-12-5-7-13(8-6-12)21-16(11-14-3-2-10-22-14)20-15-4-1-9-19-17(15)21/h1,4-9,14H,2-3,10-11H2. The Morgan fingerprint density at radius 1 is 1.23 bits per heavy atom. The lowest BCUT2D eigenvalue weighted by atomic mass is 10.2. The largest absolute Gasteiger partial charge is 0.378 e. The van der Waals surface area contributed by atoms with E-state index in [0.717, 1.165) is 48.5 Å².